The Kier molecular flexibility index (Phi) is 3.55. The summed E-state index contributed by atoms with van der Waals surface area (Å²) in [4.78, 5) is 11.6. The second-order valence-electron chi connectivity index (χ2n) is 5.26. The Balaban J connectivity index is 1.72. The van der Waals surface area contributed by atoms with Gasteiger partial charge < -0.3 is 5.32 Å². The van der Waals surface area contributed by atoms with E-state index in [1.54, 1.807) is 0 Å². The summed E-state index contributed by atoms with van der Waals surface area (Å²) in [5.74, 6) is 1.60. The van der Waals surface area contributed by atoms with E-state index in [9.17, 15) is 4.79 Å². The van der Waals surface area contributed by atoms with Crippen LogP contribution in [0, 0.1) is 11.3 Å². The first-order valence-electron chi connectivity index (χ1n) is 6.07. The third kappa shape index (κ3) is 3.10. The largest absolute Gasteiger partial charge is 0.355 e. The lowest BCUT2D eigenvalue weighted by Gasteiger charge is -2.26. The molecule has 0 heterocycles. The van der Waals surface area contributed by atoms with E-state index in [1.165, 1.54) is 38.5 Å². The van der Waals surface area contributed by atoms with Crippen LogP contribution < -0.4 is 5.32 Å². The maximum absolute atomic E-state index is 11.6. The van der Waals surface area contributed by atoms with Crippen LogP contribution in [-0.2, 0) is 4.79 Å². The molecule has 1 amide bonds. The standard InChI is InChI=1S/C12H20ClNO/c13-8-12(5-1-2-6-12)9-14-11(15)7-10-3-4-10/h10H,1-9H2,(H,14,15). The van der Waals surface area contributed by atoms with Gasteiger partial charge in [0, 0.05) is 24.3 Å². The molecule has 0 atom stereocenters. The molecule has 2 aliphatic rings. The predicted molar refractivity (Wildman–Crippen MR) is 62.0 cm³/mol. The summed E-state index contributed by atoms with van der Waals surface area (Å²) in [6, 6.07) is 0. The highest BCUT2D eigenvalue weighted by atomic mass is 35.5. The van der Waals surface area contributed by atoms with Gasteiger partial charge in [0.15, 0.2) is 0 Å². The number of carbonyl (C=O) groups excluding carboxylic acids is 1. The second-order valence-corrected chi connectivity index (χ2v) is 5.53. The molecule has 2 aliphatic carbocycles. The van der Waals surface area contributed by atoms with Gasteiger partial charge in [-0.3, -0.25) is 4.79 Å². The average Bonchev–Trinajstić information content (AvgIpc) is 2.93. The third-order valence-corrected chi connectivity index (χ3v) is 4.35. The van der Waals surface area contributed by atoms with Gasteiger partial charge in [-0.2, -0.15) is 0 Å². The van der Waals surface area contributed by atoms with E-state index in [-0.39, 0.29) is 11.3 Å². The van der Waals surface area contributed by atoms with E-state index >= 15 is 0 Å². The van der Waals surface area contributed by atoms with Crippen LogP contribution in [0.15, 0.2) is 0 Å². The molecule has 86 valence electrons. The summed E-state index contributed by atoms with van der Waals surface area (Å²) >= 11 is 6.01. The molecule has 3 heteroatoms. The van der Waals surface area contributed by atoms with Crippen molar-refractivity contribution in [2.45, 2.75) is 44.9 Å². The third-order valence-electron chi connectivity index (χ3n) is 3.78. The van der Waals surface area contributed by atoms with Crippen molar-refractivity contribution in [1.82, 2.24) is 5.32 Å². The number of alkyl halides is 1. The summed E-state index contributed by atoms with van der Waals surface area (Å²) < 4.78 is 0. The molecule has 2 fully saturated rings. The Labute approximate surface area is 96.8 Å². The first-order chi connectivity index (χ1) is 7.24. The van der Waals surface area contributed by atoms with Gasteiger partial charge in [0.2, 0.25) is 5.91 Å². The minimum Gasteiger partial charge on any atom is -0.355 e. The Morgan fingerprint density at radius 2 is 2.00 bits per heavy atom. The first-order valence-corrected chi connectivity index (χ1v) is 6.60. The van der Waals surface area contributed by atoms with Crippen molar-refractivity contribution in [3.05, 3.63) is 0 Å². The fourth-order valence-corrected chi connectivity index (χ4v) is 2.79. The lowest BCUT2D eigenvalue weighted by molar-refractivity contribution is -0.121. The van der Waals surface area contributed by atoms with Crippen molar-refractivity contribution in [1.29, 1.82) is 0 Å². The minimum absolute atomic E-state index is 0.209. The molecule has 2 rings (SSSR count). The highest BCUT2D eigenvalue weighted by molar-refractivity contribution is 6.18. The molecule has 0 spiro atoms. The monoisotopic (exact) mass is 229 g/mol. The van der Waals surface area contributed by atoms with Gasteiger partial charge in [0.1, 0.15) is 0 Å². The van der Waals surface area contributed by atoms with Crippen LogP contribution in [0.5, 0.6) is 0 Å². The van der Waals surface area contributed by atoms with Crippen molar-refractivity contribution >= 4 is 17.5 Å². The highest BCUT2D eigenvalue weighted by Gasteiger charge is 2.33. The number of hydrogen-bond acceptors (Lipinski definition) is 1. The van der Waals surface area contributed by atoms with E-state index in [1.807, 2.05) is 0 Å². The fourth-order valence-electron chi connectivity index (χ4n) is 2.43. The second kappa shape index (κ2) is 4.73. The van der Waals surface area contributed by atoms with Gasteiger partial charge in [0.05, 0.1) is 0 Å². The van der Waals surface area contributed by atoms with Crippen LogP contribution >= 0.6 is 11.6 Å². The predicted octanol–water partition coefficient (Wildman–Crippen LogP) is 2.70. The van der Waals surface area contributed by atoms with Gasteiger partial charge in [-0.1, -0.05) is 12.8 Å². The zero-order valence-corrected chi connectivity index (χ0v) is 9.98. The number of hydrogen-bond donors (Lipinski definition) is 1. The molecular formula is C12H20ClNO. The van der Waals surface area contributed by atoms with Crippen molar-refractivity contribution in [2.24, 2.45) is 11.3 Å². The summed E-state index contributed by atoms with van der Waals surface area (Å²) in [7, 11) is 0. The molecule has 1 N–H and O–H groups in total. The smallest absolute Gasteiger partial charge is 0.220 e. The Bertz CT molecular complexity index is 232. The zero-order chi connectivity index (χ0) is 10.7. The van der Waals surface area contributed by atoms with E-state index in [2.05, 4.69) is 5.32 Å². The number of nitrogens with one attached hydrogen (secondary N) is 1. The Hall–Kier alpha value is -0.240. The summed E-state index contributed by atoms with van der Waals surface area (Å²) in [6.45, 7) is 0.794. The molecule has 0 saturated heterocycles. The van der Waals surface area contributed by atoms with E-state index in [4.69, 9.17) is 11.6 Å². The molecule has 0 aromatic carbocycles. The lowest BCUT2D eigenvalue weighted by Crippen LogP contribution is -2.37. The van der Waals surface area contributed by atoms with Crippen LogP contribution in [0.3, 0.4) is 0 Å². The number of amides is 1. The Morgan fingerprint density at radius 1 is 1.33 bits per heavy atom. The summed E-state index contributed by atoms with van der Waals surface area (Å²) in [5.41, 5.74) is 0.209. The van der Waals surface area contributed by atoms with Crippen LogP contribution in [0.1, 0.15) is 44.9 Å². The molecular weight excluding hydrogens is 210 g/mol. The van der Waals surface area contributed by atoms with Crippen molar-refractivity contribution in [3.63, 3.8) is 0 Å². The molecule has 0 bridgehead atoms. The SMILES string of the molecule is O=C(CC1CC1)NCC1(CCl)CCCC1. The van der Waals surface area contributed by atoms with E-state index < -0.39 is 0 Å². The number of carbonyl (C=O) groups is 1. The van der Waals surface area contributed by atoms with Crippen LogP contribution in [0.25, 0.3) is 0 Å². The maximum Gasteiger partial charge on any atom is 0.220 e. The molecule has 2 nitrogen and oxygen atoms in total. The van der Waals surface area contributed by atoms with Crippen LogP contribution in [-0.4, -0.2) is 18.3 Å². The van der Waals surface area contributed by atoms with Gasteiger partial charge in [-0.25, -0.2) is 0 Å². The highest BCUT2D eigenvalue weighted by Crippen LogP contribution is 2.38. The van der Waals surface area contributed by atoms with Gasteiger partial charge in [-0.15, -0.1) is 11.6 Å². The van der Waals surface area contributed by atoms with E-state index in [0.29, 0.717) is 11.8 Å². The molecule has 15 heavy (non-hydrogen) atoms. The molecule has 2 saturated carbocycles. The lowest BCUT2D eigenvalue weighted by atomic mass is 9.88. The topological polar surface area (TPSA) is 29.1 Å². The normalized spacial score (nSPS) is 24.1. The Morgan fingerprint density at radius 3 is 2.53 bits per heavy atom. The fraction of sp³-hybridized carbons (Fsp3) is 0.917. The summed E-state index contributed by atoms with van der Waals surface area (Å²) in [5, 5.41) is 3.06. The van der Waals surface area contributed by atoms with Crippen molar-refractivity contribution < 1.29 is 4.79 Å². The summed E-state index contributed by atoms with van der Waals surface area (Å²) in [6.07, 6.45) is 8.12. The minimum atomic E-state index is 0.209. The number of halogens is 1. The van der Waals surface area contributed by atoms with Gasteiger partial charge in [0.25, 0.3) is 0 Å². The van der Waals surface area contributed by atoms with Crippen LogP contribution in [0.4, 0.5) is 0 Å². The van der Waals surface area contributed by atoms with Crippen molar-refractivity contribution in [3.8, 4) is 0 Å². The van der Waals surface area contributed by atoms with Gasteiger partial charge >= 0.3 is 0 Å². The molecule has 0 unspecified atom stereocenters. The molecule has 0 radical (unpaired) electrons. The first kappa shape index (κ1) is 11.3. The molecule has 0 aromatic rings. The van der Waals surface area contributed by atoms with Gasteiger partial charge in [-0.05, 0) is 31.6 Å². The number of rotatable bonds is 5. The van der Waals surface area contributed by atoms with Crippen molar-refractivity contribution in [2.75, 3.05) is 12.4 Å². The van der Waals surface area contributed by atoms with Crippen LogP contribution in [0.2, 0.25) is 0 Å². The zero-order valence-electron chi connectivity index (χ0n) is 9.23. The quantitative estimate of drug-likeness (QED) is 0.722. The van der Waals surface area contributed by atoms with E-state index in [0.717, 1.165) is 13.0 Å². The maximum atomic E-state index is 11.6. The molecule has 0 aliphatic heterocycles. The molecule has 0 aromatic heterocycles. The average molecular weight is 230 g/mol.